The molecule has 0 aliphatic rings. The van der Waals surface area contributed by atoms with Crippen LogP contribution in [0.2, 0.25) is 0 Å². The van der Waals surface area contributed by atoms with E-state index in [9.17, 15) is 29.8 Å². The predicted molar refractivity (Wildman–Crippen MR) is 112 cm³/mol. The van der Waals surface area contributed by atoms with Crippen molar-refractivity contribution in [1.29, 1.82) is 0 Å². The van der Waals surface area contributed by atoms with E-state index in [2.05, 4.69) is 5.32 Å². The van der Waals surface area contributed by atoms with E-state index in [4.69, 9.17) is 4.74 Å². The normalized spacial score (nSPS) is 11.8. The lowest BCUT2D eigenvalue weighted by Crippen LogP contribution is -2.30. The summed E-state index contributed by atoms with van der Waals surface area (Å²) in [5.41, 5.74) is -0.0834. The summed E-state index contributed by atoms with van der Waals surface area (Å²) in [6.07, 6.45) is 1.61. The Balaban J connectivity index is 2.29. The number of benzene rings is 2. The Kier molecular flexibility index (Phi) is 7.95. The molecule has 0 bridgehead atoms. The minimum Gasteiger partial charge on any atom is -0.463 e. The van der Waals surface area contributed by atoms with Crippen LogP contribution in [0.3, 0.4) is 0 Å². The molecule has 1 N–H and O–H groups in total. The third-order valence-corrected chi connectivity index (χ3v) is 4.11. The largest absolute Gasteiger partial charge is 0.463 e. The summed E-state index contributed by atoms with van der Waals surface area (Å²) in [5, 5.41) is 25.0. The van der Waals surface area contributed by atoms with Crippen LogP contribution in [-0.4, -0.2) is 27.8 Å². The van der Waals surface area contributed by atoms with Crippen LogP contribution in [0.15, 0.2) is 54.6 Å². The second kappa shape index (κ2) is 10.6. The summed E-state index contributed by atoms with van der Waals surface area (Å²) in [6.45, 7) is 3.32. The maximum atomic E-state index is 12.5. The third-order valence-electron chi connectivity index (χ3n) is 4.11. The maximum absolute atomic E-state index is 12.5. The van der Waals surface area contributed by atoms with Crippen molar-refractivity contribution in [3.8, 4) is 0 Å². The van der Waals surface area contributed by atoms with E-state index in [1.165, 1.54) is 42.5 Å². The van der Waals surface area contributed by atoms with Crippen molar-refractivity contribution in [3.05, 3.63) is 86.0 Å². The Morgan fingerprint density at radius 2 is 1.58 bits per heavy atom. The van der Waals surface area contributed by atoms with E-state index in [-0.39, 0.29) is 28.9 Å². The molecule has 0 fully saturated rings. The predicted octanol–water partition coefficient (Wildman–Crippen LogP) is 3.72. The fourth-order valence-electron chi connectivity index (χ4n) is 2.84. The van der Waals surface area contributed by atoms with Gasteiger partial charge >= 0.3 is 5.97 Å². The number of nitrogens with zero attached hydrogens (tertiary/aromatic N) is 2. The van der Waals surface area contributed by atoms with Crippen molar-refractivity contribution in [2.24, 2.45) is 0 Å². The molecule has 0 aliphatic heterocycles. The Labute approximate surface area is 177 Å². The van der Waals surface area contributed by atoms with Gasteiger partial charge in [0, 0.05) is 18.2 Å². The van der Waals surface area contributed by atoms with Gasteiger partial charge in [-0.25, -0.2) is 0 Å². The van der Waals surface area contributed by atoms with Crippen molar-refractivity contribution < 1.29 is 24.2 Å². The van der Waals surface area contributed by atoms with Crippen molar-refractivity contribution in [2.45, 2.75) is 32.4 Å². The van der Waals surface area contributed by atoms with Gasteiger partial charge in [0.1, 0.15) is 0 Å². The molecule has 0 spiro atoms. The molecule has 0 saturated heterocycles. The molecule has 162 valence electrons. The van der Waals surface area contributed by atoms with Gasteiger partial charge in [0.2, 0.25) is 5.91 Å². The first kappa shape index (κ1) is 23.2. The molecular weight excluding hydrogens is 406 g/mol. The Morgan fingerprint density at radius 1 is 1.00 bits per heavy atom. The van der Waals surface area contributed by atoms with Crippen LogP contribution in [0, 0.1) is 20.2 Å². The van der Waals surface area contributed by atoms with Crippen LogP contribution in [-0.2, 0) is 14.3 Å². The number of rotatable bonds is 9. The number of para-hydroxylation sites is 2. The lowest BCUT2D eigenvalue weighted by atomic mass is 10.0. The number of hydrogen-bond donors (Lipinski definition) is 1. The Morgan fingerprint density at radius 3 is 2.19 bits per heavy atom. The summed E-state index contributed by atoms with van der Waals surface area (Å²) in [5.74, 6) is -1.32. The SMILES string of the molecule is CC(C)OC(=O)CC(NC(=O)/C=C/c1ccccc1[N+](=O)[O-])c1ccccc1[N+](=O)[O-]. The zero-order valence-corrected chi connectivity index (χ0v) is 16.9. The minimum atomic E-state index is -1.03. The molecule has 0 saturated carbocycles. The lowest BCUT2D eigenvalue weighted by Gasteiger charge is -2.18. The molecule has 2 aromatic carbocycles. The Hall–Kier alpha value is -4.08. The van der Waals surface area contributed by atoms with E-state index in [0.717, 1.165) is 6.08 Å². The zero-order valence-electron chi connectivity index (χ0n) is 16.9. The molecule has 10 nitrogen and oxygen atoms in total. The molecule has 1 unspecified atom stereocenters. The number of nitrogens with one attached hydrogen (secondary N) is 1. The van der Waals surface area contributed by atoms with E-state index >= 15 is 0 Å². The molecule has 2 rings (SSSR count). The van der Waals surface area contributed by atoms with Gasteiger partial charge in [0.25, 0.3) is 11.4 Å². The second-order valence-corrected chi connectivity index (χ2v) is 6.77. The van der Waals surface area contributed by atoms with Crippen LogP contribution >= 0.6 is 0 Å². The quantitative estimate of drug-likeness (QED) is 0.278. The summed E-state index contributed by atoms with van der Waals surface area (Å²) in [7, 11) is 0. The first-order chi connectivity index (χ1) is 14.7. The minimum absolute atomic E-state index is 0.139. The van der Waals surface area contributed by atoms with Crippen LogP contribution in [0.1, 0.15) is 37.4 Å². The highest BCUT2D eigenvalue weighted by molar-refractivity contribution is 5.93. The second-order valence-electron chi connectivity index (χ2n) is 6.77. The molecule has 31 heavy (non-hydrogen) atoms. The number of carbonyl (C=O) groups excluding carboxylic acids is 2. The van der Waals surface area contributed by atoms with Gasteiger partial charge < -0.3 is 10.1 Å². The van der Waals surface area contributed by atoms with E-state index in [1.807, 2.05) is 0 Å². The highest BCUT2D eigenvalue weighted by Crippen LogP contribution is 2.27. The van der Waals surface area contributed by atoms with Crippen LogP contribution in [0.5, 0.6) is 0 Å². The van der Waals surface area contributed by atoms with E-state index < -0.39 is 33.9 Å². The zero-order chi connectivity index (χ0) is 23.0. The number of amides is 1. The van der Waals surface area contributed by atoms with Crippen LogP contribution in [0.4, 0.5) is 11.4 Å². The number of carbonyl (C=O) groups is 2. The monoisotopic (exact) mass is 427 g/mol. The highest BCUT2D eigenvalue weighted by atomic mass is 16.6. The molecular formula is C21H21N3O7. The summed E-state index contributed by atoms with van der Waals surface area (Å²) < 4.78 is 5.10. The van der Waals surface area contributed by atoms with Crippen molar-refractivity contribution in [2.75, 3.05) is 0 Å². The molecule has 2 aromatic rings. The van der Waals surface area contributed by atoms with E-state index in [0.29, 0.717) is 0 Å². The first-order valence-electron chi connectivity index (χ1n) is 9.33. The van der Waals surface area contributed by atoms with Crippen molar-refractivity contribution >= 4 is 29.3 Å². The highest BCUT2D eigenvalue weighted by Gasteiger charge is 2.26. The molecule has 10 heteroatoms. The van der Waals surface area contributed by atoms with Gasteiger partial charge in [0.05, 0.1) is 39.5 Å². The number of esters is 1. The average Bonchev–Trinajstić information content (AvgIpc) is 2.71. The maximum Gasteiger partial charge on any atom is 0.308 e. The van der Waals surface area contributed by atoms with Crippen molar-refractivity contribution in [3.63, 3.8) is 0 Å². The smallest absolute Gasteiger partial charge is 0.308 e. The molecule has 0 radical (unpaired) electrons. The molecule has 1 amide bonds. The average molecular weight is 427 g/mol. The van der Waals surface area contributed by atoms with Crippen LogP contribution in [0.25, 0.3) is 6.08 Å². The van der Waals surface area contributed by atoms with Crippen LogP contribution < -0.4 is 5.32 Å². The fourth-order valence-corrected chi connectivity index (χ4v) is 2.84. The van der Waals surface area contributed by atoms with Crippen molar-refractivity contribution in [1.82, 2.24) is 5.32 Å². The van der Waals surface area contributed by atoms with E-state index in [1.54, 1.807) is 26.0 Å². The summed E-state index contributed by atoms with van der Waals surface area (Å²) in [6, 6.07) is 10.6. The first-order valence-corrected chi connectivity index (χ1v) is 9.33. The fraction of sp³-hybridized carbons (Fsp3) is 0.238. The number of nitro groups is 2. The van der Waals surface area contributed by atoms with Gasteiger partial charge in [-0.3, -0.25) is 29.8 Å². The standard InChI is InChI=1S/C21H21N3O7/c1-14(2)31-21(26)13-17(16-8-4-6-10-19(16)24(29)30)22-20(25)12-11-15-7-3-5-9-18(15)23(27)28/h3-12,14,17H,13H2,1-2H3,(H,22,25)/b12-11+. The van der Waals surface area contributed by atoms with Gasteiger partial charge in [0.15, 0.2) is 0 Å². The topological polar surface area (TPSA) is 142 Å². The third kappa shape index (κ3) is 6.74. The molecule has 0 aromatic heterocycles. The number of nitro benzene ring substituents is 2. The Bertz CT molecular complexity index is 1020. The van der Waals surface area contributed by atoms with Gasteiger partial charge in [-0.15, -0.1) is 0 Å². The lowest BCUT2D eigenvalue weighted by molar-refractivity contribution is -0.385. The summed E-state index contributed by atoms with van der Waals surface area (Å²) >= 11 is 0. The molecule has 1 atom stereocenters. The molecule has 0 aliphatic carbocycles. The number of hydrogen-bond acceptors (Lipinski definition) is 7. The van der Waals surface area contributed by atoms with Gasteiger partial charge in [-0.1, -0.05) is 30.3 Å². The van der Waals surface area contributed by atoms with Gasteiger partial charge in [-0.2, -0.15) is 0 Å². The summed E-state index contributed by atoms with van der Waals surface area (Å²) in [4.78, 5) is 45.9. The van der Waals surface area contributed by atoms with Gasteiger partial charge in [-0.05, 0) is 26.0 Å². The molecule has 0 heterocycles. The number of ether oxygens (including phenoxy) is 1.